The lowest BCUT2D eigenvalue weighted by Crippen LogP contribution is -2.19. The Kier molecular flexibility index (Phi) is 6.07. The van der Waals surface area contributed by atoms with Gasteiger partial charge in [0.25, 0.3) is 5.91 Å². The van der Waals surface area contributed by atoms with E-state index in [-0.39, 0.29) is 24.0 Å². The van der Waals surface area contributed by atoms with Gasteiger partial charge in [-0.25, -0.2) is 5.43 Å². The first kappa shape index (κ1) is 19.2. The highest BCUT2D eigenvalue weighted by molar-refractivity contribution is 7.15. The van der Waals surface area contributed by atoms with Crippen LogP contribution in [-0.4, -0.2) is 33.3 Å². The van der Waals surface area contributed by atoms with E-state index in [9.17, 15) is 14.7 Å². The molecule has 28 heavy (non-hydrogen) atoms. The molecule has 1 heterocycles. The van der Waals surface area contributed by atoms with Crippen LogP contribution in [0.15, 0.2) is 53.6 Å². The second-order valence-electron chi connectivity index (χ2n) is 5.85. The maximum Gasteiger partial charge on any atom is 0.257 e. The molecule has 0 spiro atoms. The lowest BCUT2D eigenvalue weighted by molar-refractivity contribution is -0.120. The first-order valence-electron chi connectivity index (χ1n) is 8.31. The van der Waals surface area contributed by atoms with E-state index < -0.39 is 0 Å². The largest absolute Gasteiger partial charge is 0.507 e. The third-order valence-corrected chi connectivity index (χ3v) is 4.45. The molecule has 0 radical (unpaired) electrons. The summed E-state index contributed by atoms with van der Waals surface area (Å²) in [6, 6.07) is 13.8. The minimum absolute atomic E-state index is 0.0317. The number of nitrogens with zero attached hydrogens (tertiary/aromatic N) is 3. The van der Waals surface area contributed by atoms with Gasteiger partial charge in [-0.15, -0.1) is 10.2 Å². The highest BCUT2D eigenvalue weighted by Gasteiger charge is 2.12. The Morgan fingerprint density at radius 3 is 2.79 bits per heavy atom. The average molecular weight is 395 g/mol. The standard InChI is InChI=1S/C19H17N5O3S/c1-12-5-4-7-13(9-12)18(27)21-19-24-23-17(28-19)10-16(26)22-20-11-14-6-2-3-8-15(14)25/h2-9,11,25H,10H2,1H3,(H,22,26)(H,21,24,27)/b20-11+. The van der Waals surface area contributed by atoms with Crippen LogP contribution in [0.4, 0.5) is 5.13 Å². The number of hydrazone groups is 1. The summed E-state index contributed by atoms with van der Waals surface area (Å²) in [5.74, 6) is -0.610. The van der Waals surface area contributed by atoms with E-state index in [0.717, 1.165) is 16.9 Å². The van der Waals surface area contributed by atoms with Crippen LogP contribution in [0, 0.1) is 6.92 Å². The molecule has 2 amide bonds. The summed E-state index contributed by atoms with van der Waals surface area (Å²) in [7, 11) is 0. The number of anilines is 1. The topological polar surface area (TPSA) is 117 Å². The summed E-state index contributed by atoms with van der Waals surface area (Å²) in [6.07, 6.45) is 1.32. The number of aryl methyl sites for hydroxylation is 1. The van der Waals surface area contributed by atoms with Crippen LogP contribution in [0.5, 0.6) is 5.75 Å². The van der Waals surface area contributed by atoms with Gasteiger partial charge in [0.2, 0.25) is 11.0 Å². The van der Waals surface area contributed by atoms with Gasteiger partial charge in [0, 0.05) is 11.1 Å². The molecule has 0 aliphatic rings. The number of rotatable bonds is 6. The zero-order valence-corrected chi connectivity index (χ0v) is 15.7. The quantitative estimate of drug-likeness (QED) is 0.438. The molecule has 0 fully saturated rings. The van der Waals surface area contributed by atoms with Crippen LogP contribution in [0.2, 0.25) is 0 Å². The molecule has 0 atom stereocenters. The van der Waals surface area contributed by atoms with E-state index in [1.807, 2.05) is 13.0 Å². The average Bonchev–Trinajstić information content (AvgIpc) is 3.10. The van der Waals surface area contributed by atoms with Gasteiger partial charge in [-0.3, -0.25) is 14.9 Å². The van der Waals surface area contributed by atoms with E-state index in [0.29, 0.717) is 21.3 Å². The Morgan fingerprint density at radius 2 is 2.00 bits per heavy atom. The SMILES string of the molecule is Cc1cccc(C(=O)Nc2nnc(CC(=O)N/N=C/c3ccccc3O)s2)c1. The van der Waals surface area contributed by atoms with Gasteiger partial charge in [-0.05, 0) is 31.2 Å². The Hall–Kier alpha value is -3.59. The maximum absolute atomic E-state index is 12.2. The molecule has 0 aliphatic heterocycles. The monoisotopic (exact) mass is 395 g/mol. The number of para-hydroxylation sites is 1. The van der Waals surface area contributed by atoms with Crippen molar-refractivity contribution in [2.24, 2.45) is 5.10 Å². The number of phenols is 1. The lowest BCUT2D eigenvalue weighted by Gasteiger charge is -2.01. The van der Waals surface area contributed by atoms with Gasteiger partial charge in [0.1, 0.15) is 10.8 Å². The van der Waals surface area contributed by atoms with E-state index >= 15 is 0 Å². The van der Waals surface area contributed by atoms with Crippen LogP contribution in [-0.2, 0) is 11.2 Å². The third-order valence-electron chi connectivity index (χ3n) is 3.61. The van der Waals surface area contributed by atoms with Gasteiger partial charge >= 0.3 is 0 Å². The molecular formula is C19H17N5O3S. The van der Waals surface area contributed by atoms with Crippen LogP contribution in [0.1, 0.15) is 26.5 Å². The van der Waals surface area contributed by atoms with Gasteiger partial charge in [-0.1, -0.05) is 41.2 Å². The first-order chi connectivity index (χ1) is 13.5. The Balaban J connectivity index is 1.53. The molecular weight excluding hydrogens is 378 g/mol. The number of nitrogens with one attached hydrogen (secondary N) is 2. The fourth-order valence-corrected chi connectivity index (χ4v) is 3.01. The minimum atomic E-state index is -0.389. The number of aromatic nitrogens is 2. The summed E-state index contributed by atoms with van der Waals surface area (Å²) in [4.78, 5) is 24.2. The van der Waals surface area contributed by atoms with Crippen LogP contribution < -0.4 is 10.7 Å². The summed E-state index contributed by atoms with van der Waals surface area (Å²) in [5, 5.41) is 24.6. The minimum Gasteiger partial charge on any atom is -0.507 e. The third kappa shape index (κ3) is 5.21. The summed E-state index contributed by atoms with van der Waals surface area (Å²) < 4.78 is 0. The Labute approximate surface area is 165 Å². The van der Waals surface area contributed by atoms with E-state index in [1.54, 1.807) is 36.4 Å². The van der Waals surface area contributed by atoms with Gasteiger partial charge in [0.15, 0.2) is 0 Å². The molecule has 0 unspecified atom stereocenters. The fourth-order valence-electron chi connectivity index (χ4n) is 2.28. The zero-order valence-electron chi connectivity index (χ0n) is 14.9. The van der Waals surface area contributed by atoms with Crippen LogP contribution in [0.3, 0.4) is 0 Å². The van der Waals surface area contributed by atoms with Gasteiger partial charge < -0.3 is 5.11 Å². The Bertz CT molecular complexity index is 1030. The molecule has 3 aromatic rings. The molecule has 142 valence electrons. The predicted molar refractivity (Wildman–Crippen MR) is 107 cm³/mol. The molecule has 2 aromatic carbocycles. The zero-order chi connectivity index (χ0) is 19.9. The Morgan fingerprint density at radius 1 is 1.18 bits per heavy atom. The van der Waals surface area contributed by atoms with Crippen LogP contribution >= 0.6 is 11.3 Å². The number of carbonyl (C=O) groups is 2. The second-order valence-corrected chi connectivity index (χ2v) is 6.92. The van der Waals surface area contributed by atoms with E-state index in [2.05, 4.69) is 26.0 Å². The van der Waals surface area contributed by atoms with E-state index in [4.69, 9.17) is 0 Å². The van der Waals surface area contributed by atoms with Crippen molar-refractivity contribution in [3.63, 3.8) is 0 Å². The normalized spacial score (nSPS) is 10.8. The van der Waals surface area contributed by atoms with Crippen molar-refractivity contribution in [2.75, 3.05) is 5.32 Å². The van der Waals surface area contributed by atoms with Crippen molar-refractivity contribution in [1.29, 1.82) is 0 Å². The maximum atomic E-state index is 12.2. The highest BCUT2D eigenvalue weighted by Crippen LogP contribution is 2.17. The number of hydrogen-bond acceptors (Lipinski definition) is 7. The number of aromatic hydroxyl groups is 1. The summed E-state index contributed by atoms with van der Waals surface area (Å²) in [6.45, 7) is 1.90. The number of hydrogen-bond donors (Lipinski definition) is 3. The molecule has 8 nitrogen and oxygen atoms in total. The van der Waals surface area contributed by atoms with Crippen LogP contribution in [0.25, 0.3) is 0 Å². The van der Waals surface area contributed by atoms with Gasteiger partial charge in [-0.2, -0.15) is 5.10 Å². The highest BCUT2D eigenvalue weighted by atomic mass is 32.1. The van der Waals surface area contributed by atoms with Crippen molar-refractivity contribution >= 4 is 34.5 Å². The van der Waals surface area contributed by atoms with E-state index in [1.165, 1.54) is 12.3 Å². The van der Waals surface area contributed by atoms with Gasteiger partial charge in [0.05, 0.1) is 12.6 Å². The molecule has 3 N–H and O–H groups in total. The second kappa shape index (κ2) is 8.87. The lowest BCUT2D eigenvalue weighted by atomic mass is 10.1. The van der Waals surface area contributed by atoms with Crippen molar-refractivity contribution in [3.05, 3.63) is 70.2 Å². The molecule has 0 saturated carbocycles. The molecule has 0 saturated heterocycles. The number of carbonyl (C=O) groups excluding carboxylic acids is 2. The number of phenolic OH excluding ortho intramolecular Hbond substituents is 1. The summed E-state index contributed by atoms with van der Waals surface area (Å²) in [5.41, 5.74) is 4.35. The molecule has 9 heteroatoms. The summed E-state index contributed by atoms with van der Waals surface area (Å²) >= 11 is 1.11. The molecule has 0 bridgehead atoms. The first-order valence-corrected chi connectivity index (χ1v) is 9.13. The molecule has 0 aliphatic carbocycles. The molecule has 3 rings (SSSR count). The number of amides is 2. The number of benzene rings is 2. The van der Waals surface area contributed by atoms with Crippen molar-refractivity contribution in [3.8, 4) is 5.75 Å². The smallest absolute Gasteiger partial charge is 0.257 e. The molecule has 1 aromatic heterocycles. The van der Waals surface area contributed by atoms with Crippen molar-refractivity contribution in [2.45, 2.75) is 13.3 Å². The van der Waals surface area contributed by atoms with Crippen molar-refractivity contribution < 1.29 is 14.7 Å². The predicted octanol–water partition coefficient (Wildman–Crippen LogP) is 2.50. The fraction of sp³-hybridized carbons (Fsp3) is 0.105. The van der Waals surface area contributed by atoms with Crippen molar-refractivity contribution in [1.82, 2.24) is 15.6 Å².